The molecule has 0 spiro atoms. The molecule has 0 heterocycles. The van der Waals surface area contributed by atoms with Crippen molar-refractivity contribution in [1.82, 2.24) is 0 Å². The van der Waals surface area contributed by atoms with E-state index in [0.717, 1.165) is 6.08 Å². The average Bonchev–Trinajstić information content (AvgIpc) is 1.63. The predicted molar refractivity (Wildman–Crippen MR) is 33.6 cm³/mol. The zero-order valence-corrected chi connectivity index (χ0v) is 5.47. The number of rotatable bonds is 2. The van der Waals surface area contributed by atoms with Gasteiger partial charge in [0.2, 0.25) is 0 Å². The summed E-state index contributed by atoms with van der Waals surface area (Å²) in [4.78, 5) is 20.6. The first-order valence-corrected chi connectivity index (χ1v) is 2.52. The van der Waals surface area contributed by atoms with Crippen LogP contribution in [0, 0.1) is 0 Å². The molecule has 0 aromatic carbocycles. The van der Waals surface area contributed by atoms with Gasteiger partial charge < -0.3 is 5.73 Å². The van der Waals surface area contributed by atoms with Crippen LogP contribution in [-0.4, -0.2) is 11.6 Å². The van der Waals surface area contributed by atoms with Crippen LogP contribution in [0.5, 0.6) is 0 Å². The molecule has 0 unspecified atom stereocenters. The van der Waals surface area contributed by atoms with Crippen molar-refractivity contribution in [1.29, 1.82) is 0 Å². The molecule has 0 fully saturated rings. The third-order valence-corrected chi connectivity index (χ3v) is 0.765. The first-order chi connectivity index (χ1) is 4.04. The van der Waals surface area contributed by atoms with Gasteiger partial charge in [-0.1, -0.05) is 0 Å². The number of hydrogen-bond donors (Lipinski definition) is 1. The van der Waals surface area contributed by atoms with E-state index in [1.54, 1.807) is 0 Å². The van der Waals surface area contributed by atoms with Crippen molar-refractivity contribution < 1.29 is 9.59 Å². The summed E-state index contributed by atoms with van der Waals surface area (Å²) >= 11 is 0. The fraction of sp³-hybridized carbons (Fsp3) is 0.333. The molecule has 3 heteroatoms. The molecule has 9 heavy (non-hydrogen) atoms. The molecule has 0 aliphatic heterocycles. The Morgan fingerprint density at radius 3 is 1.89 bits per heavy atom. The number of Topliss-reactive ketones (excluding diaryl/α,β-unsaturated/α-hetero) is 1. The fourth-order valence-electron chi connectivity index (χ4n) is 0.321. The summed E-state index contributed by atoms with van der Waals surface area (Å²) in [5.74, 6) is -0.479. The lowest BCUT2D eigenvalue weighted by molar-refractivity contribution is -0.115. The van der Waals surface area contributed by atoms with E-state index in [-0.39, 0.29) is 17.3 Å². The SMILES string of the molecule is CC(=O)C=C(N)C(C)=O. The summed E-state index contributed by atoms with van der Waals surface area (Å²) in [5, 5.41) is 0. The van der Waals surface area contributed by atoms with Crippen molar-refractivity contribution in [3.63, 3.8) is 0 Å². The Hall–Kier alpha value is -1.12. The summed E-state index contributed by atoms with van der Waals surface area (Å²) in [7, 11) is 0. The van der Waals surface area contributed by atoms with E-state index < -0.39 is 0 Å². The third kappa shape index (κ3) is 3.46. The summed E-state index contributed by atoms with van der Waals surface area (Å²) in [5.41, 5.74) is 5.12. The van der Waals surface area contributed by atoms with Crippen LogP contribution in [0.25, 0.3) is 0 Å². The maximum atomic E-state index is 10.3. The summed E-state index contributed by atoms with van der Waals surface area (Å²) in [6.45, 7) is 2.66. The second-order valence-corrected chi connectivity index (χ2v) is 1.77. The lowest BCUT2D eigenvalue weighted by Crippen LogP contribution is -2.08. The standard InChI is InChI=1S/C6H9NO2/c1-4(8)3-6(7)5(2)9/h3H,7H2,1-2H3. The molecule has 0 rings (SSSR count). The maximum absolute atomic E-state index is 10.3. The number of nitrogens with two attached hydrogens (primary N) is 1. The molecular weight excluding hydrogens is 118 g/mol. The molecular formula is C6H9NO2. The normalized spacial score (nSPS) is 11.1. The molecule has 3 nitrogen and oxygen atoms in total. The van der Waals surface area contributed by atoms with Crippen LogP contribution >= 0.6 is 0 Å². The van der Waals surface area contributed by atoms with Crippen molar-refractivity contribution >= 4 is 11.6 Å². The Kier molecular flexibility index (Phi) is 2.64. The van der Waals surface area contributed by atoms with Gasteiger partial charge in [-0.25, -0.2) is 0 Å². The summed E-state index contributed by atoms with van der Waals surface area (Å²) in [6, 6.07) is 0. The Balaban J connectivity index is 4.17. The summed E-state index contributed by atoms with van der Waals surface area (Å²) in [6.07, 6.45) is 1.11. The average molecular weight is 127 g/mol. The Morgan fingerprint density at radius 1 is 1.33 bits per heavy atom. The minimum absolute atomic E-state index is 0.0162. The van der Waals surface area contributed by atoms with Crippen molar-refractivity contribution in [2.75, 3.05) is 0 Å². The van der Waals surface area contributed by atoms with Crippen LogP contribution in [-0.2, 0) is 9.59 Å². The fourth-order valence-corrected chi connectivity index (χ4v) is 0.321. The van der Waals surface area contributed by atoms with Crippen molar-refractivity contribution in [3.05, 3.63) is 11.8 Å². The molecule has 0 aromatic heterocycles. The zero-order chi connectivity index (χ0) is 7.44. The minimum Gasteiger partial charge on any atom is -0.396 e. The van der Waals surface area contributed by atoms with Gasteiger partial charge in [0.1, 0.15) is 0 Å². The molecule has 0 saturated heterocycles. The van der Waals surface area contributed by atoms with Crippen LogP contribution in [0.2, 0.25) is 0 Å². The highest BCUT2D eigenvalue weighted by Gasteiger charge is 1.96. The number of hydrogen-bond acceptors (Lipinski definition) is 3. The van der Waals surface area contributed by atoms with E-state index in [1.807, 2.05) is 0 Å². The molecule has 50 valence electrons. The molecule has 0 amide bonds. The van der Waals surface area contributed by atoms with E-state index in [9.17, 15) is 9.59 Å². The van der Waals surface area contributed by atoms with Gasteiger partial charge in [0.05, 0.1) is 5.70 Å². The molecule has 0 radical (unpaired) electrons. The second kappa shape index (κ2) is 3.02. The highest BCUT2D eigenvalue weighted by atomic mass is 16.1. The first kappa shape index (κ1) is 7.88. The predicted octanol–water partition coefficient (Wildman–Crippen LogP) is 0.00700. The first-order valence-electron chi connectivity index (χ1n) is 2.52. The topological polar surface area (TPSA) is 60.2 Å². The molecule has 0 atom stereocenters. The van der Waals surface area contributed by atoms with Crippen LogP contribution in [0.15, 0.2) is 11.8 Å². The molecule has 0 bridgehead atoms. The van der Waals surface area contributed by atoms with Gasteiger partial charge in [-0.3, -0.25) is 9.59 Å². The maximum Gasteiger partial charge on any atom is 0.175 e. The number of ketones is 2. The van der Waals surface area contributed by atoms with Crippen molar-refractivity contribution in [2.24, 2.45) is 5.73 Å². The summed E-state index contributed by atoms with van der Waals surface area (Å²) < 4.78 is 0. The van der Waals surface area contributed by atoms with Crippen molar-refractivity contribution in [3.8, 4) is 0 Å². The number of carbonyl (C=O) groups is 2. The van der Waals surface area contributed by atoms with Gasteiger partial charge in [0, 0.05) is 13.0 Å². The quantitative estimate of drug-likeness (QED) is 0.531. The molecule has 0 aliphatic rings. The van der Waals surface area contributed by atoms with E-state index >= 15 is 0 Å². The minimum atomic E-state index is -0.273. The van der Waals surface area contributed by atoms with Crippen LogP contribution in [0.4, 0.5) is 0 Å². The Labute approximate surface area is 53.5 Å². The van der Waals surface area contributed by atoms with Gasteiger partial charge in [-0.05, 0) is 6.92 Å². The zero-order valence-electron chi connectivity index (χ0n) is 5.47. The monoisotopic (exact) mass is 127 g/mol. The van der Waals surface area contributed by atoms with E-state index in [1.165, 1.54) is 13.8 Å². The van der Waals surface area contributed by atoms with Gasteiger partial charge in [0.15, 0.2) is 11.6 Å². The Bertz CT molecular complexity index is 170. The lowest BCUT2D eigenvalue weighted by Gasteiger charge is -1.89. The lowest BCUT2D eigenvalue weighted by atomic mass is 10.3. The largest absolute Gasteiger partial charge is 0.396 e. The van der Waals surface area contributed by atoms with Crippen LogP contribution < -0.4 is 5.73 Å². The van der Waals surface area contributed by atoms with Gasteiger partial charge in [0.25, 0.3) is 0 Å². The Morgan fingerprint density at radius 2 is 1.78 bits per heavy atom. The molecule has 2 N–H and O–H groups in total. The highest BCUT2D eigenvalue weighted by molar-refractivity contribution is 6.00. The van der Waals surface area contributed by atoms with Gasteiger partial charge in [-0.2, -0.15) is 0 Å². The third-order valence-electron chi connectivity index (χ3n) is 0.765. The highest BCUT2D eigenvalue weighted by Crippen LogP contribution is 1.84. The number of carbonyl (C=O) groups excluding carboxylic acids is 2. The van der Waals surface area contributed by atoms with E-state index in [2.05, 4.69) is 0 Å². The number of allylic oxidation sites excluding steroid dienone is 2. The van der Waals surface area contributed by atoms with Crippen LogP contribution in [0.3, 0.4) is 0 Å². The smallest absolute Gasteiger partial charge is 0.175 e. The van der Waals surface area contributed by atoms with Crippen LogP contribution in [0.1, 0.15) is 13.8 Å². The van der Waals surface area contributed by atoms with E-state index in [0.29, 0.717) is 0 Å². The van der Waals surface area contributed by atoms with E-state index in [4.69, 9.17) is 5.73 Å². The molecule has 0 aromatic rings. The molecule has 0 aliphatic carbocycles. The second-order valence-electron chi connectivity index (χ2n) is 1.77. The van der Waals surface area contributed by atoms with Gasteiger partial charge in [-0.15, -0.1) is 0 Å². The van der Waals surface area contributed by atoms with Crippen molar-refractivity contribution in [2.45, 2.75) is 13.8 Å². The molecule has 0 saturated carbocycles. The van der Waals surface area contributed by atoms with Gasteiger partial charge >= 0.3 is 0 Å².